The van der Waals surface area contributed by atoms with Gasteiger partial charge in [0.2, 0.25) is 5.95 Å². The Balaban J connectivity index is 2.33. The lowest BCUT2D eigenvalue weighted by atomic mass is 10.1. The molecule has 1 atom stereocenters. The second-order valence-electron chi connectivity index (χ2n) is 4.67. The summed E-state index contributed by atoms with van der Waals surface area (Å²) in [5.74, 6) is -4.64. The predicted molar refractivity (Wildman–Crippen MR) is 65.1 cm³/mol. The number of aliphatic carboxylic acids is 1. The van der Waals surface area contributed by atoms with Crippen LogP contribution in [0.3, 0.4) is 0 Å². The Morgan fingerprint density at radius 2 is 2.05 bits per heavy atom. The average Bonchev–Trinajstić information content (AvgIpc) is 2.66. The minimum absolute atomic E-state index is 0.221. The molecule has 108 valence electrons. The van der Waals surface area contributed by atoms with Gasteiger partial charge < -0.3 is 10.0 Å². The third-order valence-electron chi connectivity index (χ3n) is 3.38. The molecule has 1 aliphatic heterocycles. The van der Waals surface area contributed by atoms with Crippen molar-refractivity contribution in [1.82, 2.24) is 9.88 Å². The summed E-state index contributed by atoms with van der Waals surface area (Å²) in [5.41, 5.74) is -0.481. The average molecular weight is 284 g/mol. The number of halogens is 2. The number of aromatic nitrogens is 1. The molecule has 0 spiro atoms. The summed E-state index contributed by atoms with van der Waals surface area (Å²) >= 11 is 0. The van der Waals surface area contributed by atoms with Gasteiger partial charge >= 0.3 is 5.97 Å². The van der Waals surface area contributed by atoms with E-state index in [9.17, 15) is 23.5 Å². The van der Waals surface area contributed by atoms with Gasteiger partial charge in [-0.3, -0.25) is 4.79 Å². The summed E-state index contributed by atoms with van der Waals surface area (Å²) < 4.78 is 26.7. The number of amides is 1. The molecule has 2 heterocycles. The first-order valence-electron chi connectivity index (χ1n) is 6.36. The van der Waals surface area contributed by atoms with Gasteiger partial charge in [-0.25, -0.2) is 14.2 Å². The summed E-state index contributed by atoms with van der Waals surface area (Å²) in [5, 5.41) is 9.18. The zero-order chi connectivity index (χ0) is 14.7. The molecule has 0 radical (unpaired) electrons. The van der Waals surface area contributed by atoms with Crippen molar-refractivity contribution in [3.05, 3.63) is 29.6 Å². The van der Waals surface area contributed by atoms with Crippen LogP contribution in [-0.4, -0.2) is 39.5 Å². The van der Waals surface area contributed by atoms with Crippen LogP contribution in [0.2, 0.25) is 0 Å². The topological polar surface area (TPSA) is 70.5 Å². The summed E-state index contributed by atoms with van der Waals surface area (Å²) in [7, 11) is 0. The molecule has 1 saturated heterocycles. The molecule has 0 aliphatic carbocycles. The molecule has 1 N–H and O–H groups in total. The third-order valence-corrected chi connectivity index (χ3v) is 3.38. The quantitative estimate of drug-likeness (QED) is 0.841. The van der Waals surface area contributed by atoms with Crippen molar-refractivity contribution >= 4 is 11.9 Å². The molecule has 20 heavy (non-hydrogen) atoms. The molecule has 2 rings (SSSR count). The molecule has 1 fully saturated rings. The van der Waals surface area contributed by atoms with Crippen molar-refractivity contribution < 1.29 is 23.5 Å². The largest absolute Gasteiger partial charge is 0.480 e. The normalized spacial score (nSPS) is 19.5. The van der Waals surface area contributed by atoms with E-state index < -0.39 is 35.2 Å². The molecule has 1 aromatic rings. The molecule has 7 heteroatoms. The highest BCUT2D eigenvalue weighted by Gasteiger charge is 2.32. The van der Waals surface area contributed by atoms with Crippen molar-refractivity contribution in [3.63, 3.8) is 0 Å². The van der Waals surface area contributed by atoms with Crippen molar-refractivity contribution in [2.24, 2.45) is 0 Å². The fourth-order valence-corrected chi connectivity index (χ4v) is 2.35. The van der Waals surface area contributed by atoms with Crippen molar-refractivity contribution in [1.29, 1.82) is 0 Å². The Labute approximate surface area is 114 Å². The maximum absolute atomic E-state index is 13.6. The van der Waals surface area contributed by atoms with Gasteiger partial charge in [-0.1, -0.05) is 12.8 Å². The highest BCUT2D eigenvalue weighted by molar-refractivity contribution is 5.96. The highest BCUT2D eigenvalue weighted by atomic mass is 19.2. The Morgan fingerprint density at radius 3 is 2.75 bits per heavy atom. The van der Waals surface area contributed by atoms with Gasteiger partial charge in [0.05, 0.1) is 5.56 Å². The smallest absolute Gasteiger partial charge is 0.326 e. The van der Waals surface area contributed by atoms with Crippen LogP contribution in [0.1, 0.15) is 36.0 Å². The molecule has 0 saturated carbocycles. The first kappa shape index (κ1) is 14.4. The van der Waals surface area contributed by atoms with Crippen LogP contribution in [0.4, 0.5) is 8.78 Å². The van der Waals surface area contributed by atoms with Gasteiger partial charge in [0, 0.05) is 12.7 Å². The first-order valence-corrected chi connectivity index (χ1v) is 6.36. The fourth-order valence-electron chi connectivity index (χ4n) is 2.35. The van der Waals surface area contributed by atoms with E-state index >= 15 is 0 Å². The van der Waals surface area contributed by atoms with E-state index in [0.717, 1.165) is 23.6 Å². The first-order chi connectivity index (χ1) is 9.52. The summed E-state index contributed by atoms with van der Waals surface area (Å²) in [6.07, 6.45) is 3.44. The lowest BCUT2D eigenvalue weighted by Crippen LogP contribution is -2.45. The number of rotatable bonds is 2. The third kappa shape index (κ3) is 2.76. The minimum atomic E-state index is -1.36. The number of nitrogens with zero attached hydrogens (tertiary/aromatic N) is 2. The Hall–Kier alpha value is -2.05. The molecule has 1 unspecified atom stereocenters. The van der Waals surface area contributed by atoms with Crippen LogP contribution >= 0.6 is 0 Å². The van der Waals surface area contributed by atoms with Gasteiger partial charge in [-0.05, 0) is 18.9 Å². The lowest BCUT2D eigenvalue weighted by molar-refractivity contribution is -0.142. The number of carboxylic acid groups (broad SMARTS) is 1. The summed E-state index contributed by atoms with van der Waals surface area (Å²) in [6, 6.07) is 0.0606. The number of carboxylic acids is 1. The van der Waals surface area contributed by atoms with Crippen molar-refractivity contribution in [2.45, 2.75) is 31.7 Å². The van der Waals surface area contributed by atoms with E-state index in [1.54, 1.807) is 0 Å². The number of likely N-dealkylation sites (tertiary alicyclic amines) is 1. The molecule has 1 aromatic heterocycles. The maximum atomic E-state index is 13.6. The number of carbonyl (C=O) groups excluding carboxylic acids is 1. The summed E-state index contributed by atoms with van der Waals surface area (Å²) in [4.78, 5) is 27.7. The Bertz CT molecular complexity index is 536. The van der Waals surface area contributed by atoms with Gasteiger partial charge in [0.25, 0.3) is 5.91 Å². The zero-order valence-corrected chi connectivity index (χ0v) is 10.7. The molecule has 5 nitrogen and oxygen atoms in total. The van der Waals surface area contributed by atoms with Gasteiger partial charge in [-0.2, -0.15) is 4.39 Å². The van der Waals surface area contributed by atoms with E-state index in [-0.39, 0.29) is 6.54 Å². The molecular formula is C13H14F2N2O3. The summed E-state index contributed by atoms with van der Waals surface area (Å²) in [6.45, 7) is 0.221. The van der Waals surface area contributed by atoms with Gasteiger partial charge in [0.15, 0.2) is 5.82 Å². The number of carbonyl (C=O) groups is 2. The Morgan fingerprint density at radius 1 is 1.30 bits per heavy atom. The van der Waals surface area contributed by atoms with E-state index in [2.05, 4.69) is 4.98 Å². The monoisotopic (exact) mass is 284 g/mol. The Kier molecular flexibility index (Phi) is 4.26. The molecule has 0 aromatic carbocycles. The standard InChI is InChI=1S/C13H14F2N2O3/c14-10-8(5-6-16-11(10)15)12(18)17-7-3-1-2-4-9(17)13(19)20/h5-6,9H,1-4,7H2,(H,19,20). The number of hydrogen-bond donors (Lipinski definition) is 1. The van der Waals surface area contributed by atoms with Crippen molar-refractivity contribution in [3.8, 4) is 0 Å². The van der Waals surface area contributed by atoms with E-state index in [0.29, 0.717) is 19.3 Å². The highest BCUT2D eigenvalue weighted by Crippen LogP contribution is 2.21. The molecule has 1 aliphatic rings. The van der Waals surface area contributed by atoms with Crippen LogP contribution in [0.5, 0.6) is 0 Å². The van der Waals surface area contributed by atoms with E-state index in [1.165, 1.54) is 0 Å². The number of hydrogen-bond acceptors (Lipinski definition) is 3. The fraction of sp³-hybridized carbons (Fsp3) is 0.462. The molecule has 1 amide bonds. The second-order valence-corrected chi connectivity index (χ2v) is 4.67. The molecule has 0 bridgehead atoms. The van der Waals surface area contributed by atoms with Gasteiger partial charge in [-0.15, -0.1) is 0 Å². The van der Waals surface area contributed by atoms with Crippen LogP contribution in [0, 0.1) is 11.8 Å². The van der Waals surface area contributed by atoms with Crippen LogP contribution < -0.4 is 0 Å². The number of pyridine rings is 1. The van der Waals surface area contributed by atoms with Crippen LogP contribution in [-0.2, 0) is 4.79 Å². The van der Waals surface area contributed by atoms with E-state index in [1.807, 2.05) is 0 Å². The van der Waals surface area contributed by atoms with Crippen molar-refractivity contribution in [2.75, 3.05) is 6.54 Å². The second kappa shape index (κ2) is 5.94. The SMILES string of the molecule is O=C(O)C1CCCCCN1C(=O)c1ccnc(F)c1F. The van der Waals surface area contributed by atoms with Gasteiger partial charge in [0.1, 0.15) is 6.04 Å². The predicted octanol–water partition coefficient (Wildman–Crippen LogP) is 1.83. The lowest BCUT2D eigenvalue weighted by Gasteiger charge is -2.27. The van der Waals surface area contributed by atoms with E-state index in [4.69, 9.17) is 0 Å². The van der Waals surface area contributed by atoms with Crippen LogP contribution in [0.25, 0.3) is 0 Å². The zero-order valence-electron chi connectivity index (χ0n) is 10.7. The molecular weight excluding hydrogens is 270 g/mol. The maximum Gasteiger partial charge on any atom is 0.326 e. The van der Waals surface area contributed by atoms with Crippen LogP contribution in [0.15, 0.2) is 12.3 Å². The minimum Gasteiger partial charge on any atom is -0.480 e.